The highest BCUT2D eigenvalue weighted by molar-refractivity contribution is 6.30. The summed E-state index contributed by atoms with van der Waals surface area (Å²) >= 11 is 5.80. The SMILES string of the molecule is Cc1ccnc(COc2ccc3c(c2)c(C(N)=O)nn3CC(=O)N(CC(=O)NCc2cccc(Cl)c2F)C(C)C)n1. The lowest BCUT2D eigenvalue weighted by Crippen LogP contribution is -2.45. The Morgan fingerprint density at radius 2 is 1.98 bits per heavy atom. The number of nitrogens with zero attached hydrogens (tertiary/aromatic N) is 5. The van der Waals surface area contributed by atoms with E-state index in [2.05, 4.69) is 20.4 Å². The van der Waals surface area contributed by atoms with Crippen LogP contribution >= 0.6 is 11.6 Å². The number of hydrogen-bond donors (Lipinski definition) is 2. The van der Waals surface area contributed by atoms with Crippen molar-refractivity contribution in [2.24, 2.45) is 5.73 Å². The molecule has 0 atom stereocenters. The van der Waals surface area contributed by atoms with Gasteiger partial charge in [0.1, 0.15) is 24.7 Å². The summed E-state index contributed by atoms with van der Waals surface area (Å²) in [6.45, 7) is 4.88. The van der Waals surface area contributed by atoms with Gasteiger partial charge in [0.05, 0.1) is 17.1 Å². The van der Waals surface area contributed by atoms with Crippen molar-refractivity contribution in [2.75, 3.05) is 6.54 Å². The number of hydrogen-bond acceptors (Lipinski definition) is 7. The molecule has 3 N–H and O–H groups in total. The van der Waals surface area contributed by atoms with Crippen LogP contribution in [0.1, 0.15) is 41.4 Å². The largest absolute Gasteiger partial charge is 0.486 e. The van der Waals surface area contributed by atoms with Crippen LogP contribution in [0.3, 0.4) is 0 Å². The van der Waals surface area contributed by atoms with Gasteiger partial charge in [-0.3, -0.25) is 19.1 Å². The molecular formula is C28H29ClFN7O4. The number of halogens is 2. The molecule has 0 spiro atoms. The number of benzene rings is 2. The average Bonchev–Trinajstić information content (AvgIpc) is 3.29. The molecule has 0 aliphatic rings. The van der Waals surface area contributed by atoms with Gasteiger partial charge in [0.2, 0.25) is 11.8 Å². The van der Waals surface area contributed by atoms with Crippen LogP contribution in [-0.2, 0) is 29.3 Å². The van der Waals surface area contributed by atoms with Gasteiger partial charge < -0.3 is 20.7 Å². The number of aromatic nitrogens is 4. The minimum Gasteiger partial charge on any atom is -0.486 e. The fourth-order valence-electron chi connectivity index (χ4n) is 4.14. The summed E-state index contributed by atoms with van der Waals surface area (Å²) in [4.78, 5) is 47.9. The monoisotopic (exact) mass is 581 g/mol. The van der Waals surface area contributed by atoms with E-state index in [9.17, 15) is 18.8 Å². The zero-order chi connectivity index (χ0) is 29.7. The second-order valence-corrected chi connectivity index (χ2v) is 9.96. The summed E-state index contributed by atoms with van der Waals surface area (Å²) in [6, 6.07) is 10.9. The normalized spacial score (nSPS) is 11.1. The molecule has 0 unspecified atom stereocenters. The number of carbonyl (C=O) groups is 3. The highest BCUT2D eigenvalue weighted by atomic mass is 35.5. The van der Waals surface area contributed by atoms with Crippen molar-refractivity contribution in [1.82, 2.24) is 30.0 Å². The molecular weight excluding hydrogens is 553 g/mol. The minimum absolute atomic E-state index is 0.0255. The van der Waals surface area contributed by atoms with E-state index in [-0.39, 0.29) is 48.6 Å². The maximum Gasteiger partial charge on any atom is 0.269 e. The molecule has 41 heavy (non-hydrogen) atoms. The van der Waals surface area contributed by atoms with E-state index < -0.39 is 23.5 Å². The Kier molecular flexibility index (Phi) is 9.13. The Morgan fingerprint density at radius 3 is 2.68 bits per heavy atom. The molecule has 0 aliphatic heterocycles. The van der Waals surface area contributed by atoms with Gasteiger partial charge in [-0.15, -0.1) is 0 Å². The zero-order valence-corrected chi connectivity index (χ0v) is 23.5. The van der Waals surface area contributed by atoms with Crippen molar-refractivity contribution in [3.05, 3.63) is 82.3 Å². The lowest BCUT2D eigenvalue weighted by molar-refractivity contribution is -0.138. The smallest absolute Gasteiger partial charge is 0.269 e. The van der Waals surface area contributed by atoms with Crippen LogP contribution in [-0.4, -0.2) is 55.0 Å². The van der Waals surface area contributed by atoms with Crippen molar-refractivity contribution in [1.29, 1.82) is 0 Å². The highest BCUT2D eigenvalue weighted by Crippen LogP contribution is 2.25. The van der Waals surface area contributed by atoms with E-state index in [1.807, 2.05) is 6.92 Å². The summed E-state index contributed by atoms with van der Waals surface area (Å²) in [7, 11) is 0. The Balaban J connectivity index is 1.47. The Morgan fingerprint density at radius 1 is 1.20 bits per heavy atom. The first-order valence-corrected chi connectivity index (χ1v) is 13.1. The summed E-state index contributed by atoms with van der Waals surface area (Å²) in [5.41, 5.74) is 7.06. The number of nitrogens with two attached hydrogens (primary N) is 1. The van der Waals surface area contributed by atoms with E-state index >= 15 is 0 Å². The van der Waals surface area contributed by atoms with Crippen LogP contribution in [0, 0.1) is 12.7 Å². The zero-order valence-electron chi connectivity index (χ0n) is 22.7. The molecule has 214 valence electrons. The lowest BCUT2D eigenvalue weighted by Gasteiger charge is -2.26. The third-order valence-electron chi connectivity index (χ3n) is 6.22. The molecule has 0 aliphatic carbocycles. The van der Waals surface area contributed by atoms with Crippen LogP contribution < -0.4 is 15.8 Å². The predicted molar refractivity (Wildman–Crippen MR) is 149 cm³/mol. The van der Waals surface area contributed by atoms with Crippen LogP contribution in [0.4, 0.5) is 4.39 Å². The second kappa shape index (κ2) is 12.7. The molecule has 4 rings (SSSR count). The van der Waals surface area contributed by atoms with Gasteiger partial charge in [0.25, 0.3) is 5.91 Å². The fourth-order valence-corrected chi connectivity index (χ4v) is 4.33. The van der Waals surface area contributed by atoms with Gasteiger partial charge in [-0.2, -0.15) is 5.10 Å². The standard InChI is InChI=1S/C28H29ClFN7O4/c1-16(2)36(13-24(38)33-12-18-5-4-6-21(29)26(18)30)25(39)14-37-22-8-7-19(11-20(22)27(35-37)28(31)40)41-15-23-32-10-9-17(3)34-23/h4-11,16H,12-15H2,1-3H3,(H2,31,40)(H,33,38). The number of ether oxygens (including phenoxy) is 1. The Hall–Kier alpha value is -4.58. The van der Waals surface area contributed by atoms with Crippen molar-refractivity contribution in [3.63, 3.8) is 0 Å². The molecule has 0 fully saturated rings. The van der Waals surface area contributed by atoms with Gasteiger partial charge in [0.15, 0.2) is 11.5 Å². The number of primary amides is 1. The van der Waals surface area contributed by atoms with E-state index in [4.69, 9.17) is 22.1 Å². The highest BCUT2D eigenvalue weighted by Gasteiger charge is 2.24. The Labute approximate surface area is 240 Å². The predicted octanol–water partition coefficient (Wildman–Crippen LogP) is 3.16. The number of amides is 3. The molecule has 11 nitrogen and oxygen atoms in total. The van der Waals surface area contributed by atoms with E-state index in [0.29, 0.717) is 22.5 Å². The maximum absolute atomic E-state index is 14.2. The van der Waals surface area contributed by atoms with Gasteiger partial charge >= 0.3 is 0 Å². The van der Waals surface area contributed by atoms with Crippen molar-refractivity contribution in [2.45, 2.75) is 46.5 Å². The van der Waals surface area contributed by atoms with E-state index in [1.165, 1.54) is 21.7 Å². The molecule has 0 saturated carbocycles. The molecule has 2 aromatic heterocycles. The molecule has 0 bridgehead atoms. The van der Waals surface area contributed by atoms with E-state index in [1.54, 1.807) is 50.4 Å². The lowest BCUT2D eigenvalue weighted by atomic mass is 10.2. The number of rotatable bonds is 11. The van der Waals surface area contributed by atoms with Crippen LogP contribution in [0.2, 0.25) is 5.02 Å². The van der Waals surface area contributed by atoms with Crippen LogP contribution in [0.5, 0.6) is 5.75 Å². The quantitative estimate of drug-likeness (QED) is 0.277. The molecule has 0 radical (unpaired) electrons. The first-order valence-electron chi connectivity index (χ1n) is 12.7. The topological polar surface area (TPSA) is 145 Å². The minimum atomic E-state index is -0.770. The summed E-state index contributed by atoms with van der Waals surface area (Å²) < 4.78 is 21.3. The number of fused-ring (bicyclic) bond motifs is 1. The molecule has 4 aromatic rings. The van der Waals surface area contributed by atoms with Crippen molar-refractivity contribution < 1.29 is 23.5 Å². The van der Waals surface area contributed by atoms with Crippen LogP contribution in [0.15, 0.2) is 48.7 Å². The third kappa shape index (κ3) is 7.14. The van der Waals surface area contributed by atoms with Gasteiger partial charge in [-0.05, 0) is 51.1 Å². The first-order chi connectivity index (χ1) is 19.5. The maximum atomic E-state index is 14.2. The Bertz CT molecular complexity index is 1610. The molecule has 2 heterocycles. The van der Waals surface area contributed by atoms with Gasteiger partial charge in [-0.1, -0.05) is 23.7 Å². The van der Waals surface area contributed by atoms with Crippen molar-refractivity contribution in [3.8, 4) is 5.75 Å². The number of nitrogens with one attached hydrogen (secondary N) is 1. The fraction of sp³-hybridized carbons (Fsp3) is 0.286. The number of aryl methyl sites for hydroxylation is 1. The third-order valence-corrected chi connectivity index (χ3v) is 6.51. The average molecular weight is 582 g/mol. The van der Waals surface area contributed by atoms with Gasteiger partial charge in [0, 0.05) is 35.4 Å². The first kappa shape index (κ1) is 29.4. The van der Waals surface area contributed by atoms with Crippen molar-refractivity contribution >= 4 is 40.2 Å². The van der Waals surface area contributed by atoms with Gasteiger partial charge in [-0.25, -0.2) is 14.4 Å². The summed E-state index contributed by atoms with van der Waals surface area (Å²) in [6.07, 6.45) is 1.64. The van der Waals surface area contributed by atoms with Crippen LogP contribution in [0.25, 0.3) is 10.9 Å². The summed E-state index contributed by atoms with van der Waals surface area (Å²) in [5, 5.41) is 7.25. The second-order valence-electron chi connectivity index (χ2n) is 9.56. The molecule has 3 amide bonds. The molecule has 13 heteroatoms. The number of carbonyl (C=O) groups excluding carboxylic acids is 3. The summed E-state index contributed by atoms with van der Waals surface area (Å²) in [5.74, 6) is -1.34. The van der Waals surface area contributed by atoms with E-state index in [0.717, 1.165) is 5.69 Å². The molecule has 0 saturated heterocycles. The molecule has 2 aromatic carbocycles.